The van der Waals surface area contributed by atoms with Crippen LogP contribution in [-0.2, 0) is 0 Å². The van der Waals surface area contributed by atoms with E-state index in [-0.39, 0.29) is 5.91 Å². The van der Waals surface area contributed by atoms with Crippen molar-refractivity contribution in [1.29, 1.82) is 0 Å². The zero-order valence-electron chi connectivity index (χ0n) is 15.7. The van der Waals surface area contributed by atoms with Crippen molar-refractivity contribution in [2.24, 2.45) is 0 Å². The van der Waals surface area contributed by atoms with E-state index in [0.717, 1.165) is 22.7 Å². The molecule has 0 fully saturated rings. The predicted molar refractivity (Wildman–Crippen MR) is 115 cm³/mol. The van der Waals surface area contributed by atoms with Crippen molar-refractivity contribution < 1.29 is 9.53 Å². The molecule has 0 unspecified atom stereocenters. The Morgan fingerprint density at radius 3 is 2.79 bits per heavy atom. The Balaban J connectivity index is 1.64. The maximum atomic E-state index is 12.7. The minimum Gasteiger partial charge on any atom is -0.497 e. The second kappa shape index (κ2) is 8.06. The van der Waals surface area contributed by atoms with Crippen molar-refractivity contribution in [2.45, 2.75) is 6.92 Å². The van der Waals surface area contributed by atoms with E-state index in [1.165, 1.54) is 11.3 Å². The number of halogens is 1. The van der Waals surface area contributed by atoms with Crippen molar-refractivity contribution in [3.05, 3.63) is 76.3 Å². The number of nitrogens with one attached hydrogen (secondary N) is 1. The van der Waals surface area contributed by atoms with Crippen LogP contribution in [0.3, 0.4) is 0 Å². The van der Waals surface area contributed by atoms with Crippen molar-refractivity contribution in [2.75, 3.05) is 12.4 Å². The van der Waals surface area contributed by atoms with E-state index in [4.69, 9.17) is 16.3 Å². The summed E-state index contributed by atoms with van der Waals surface area (Å²) in [5.74, 6) is 0.986. The number of hydrogen-bond donors (Lipinski definition) is 1. The Bertz CT molecular complexity index is 1180. The van der Waals surface area contributed by atoms with Crippen LogP contribution >= 0.6 is 22.9 Å². The molecular formula is C21H17ClN4O2S. The monoisotopic (exact) mass is 424 g/mol. The summed E-state index contributed by atoms with van der Waals surface area (Å²) in [6, 6.07) is 16.4. The van der Waals surface area contributed by atoms with Gasteiger partial charge in [-0.25, -0.2) is 4.98 Å². The second-order valence-corrected chi connectivity index (χ2v) is 7.51. The fourth-order valence-electron chi connectivity index (χ4n) is 2.84. The fourth-order valence-corrected chi connectivity index (χ4v) is 3.86. The Labute approximate surface area is 176 Å². The average Bonchev–Trinajstić information content (AvgIpc) is 3.35. The van der Waals surface area contributed by atoms with Gasteiger partial charge in [0.2, 0.25) is 5.13 Å². The van der Waals surface area contributed by atoms with E-state index < -0.39 is 0 Å². The normalized spacial score (nSPS) is 10.7. The molecule has 4 rings (SSSR count). The summed E-state index contributed by atoms with van der Waals surface area (Å²) in [7, 11) is 1.63. The van der Waals surface area contributed by atoms with Gasteiger partial charge in [-0.2, -0.15) is 9.78 Å². The van der Waals surface area contributed by atoms with Gasteiger partial charge >= 0.3 is 0 Å². The molecule has 2 aromatic heterocycles. The smallest absolute Gasteiger partial charge is 0.258 e. The van der Waals surface area contributed by atoms with Gasteiger partial charge in [0.05, 0.1) is 29.1 Å². The summed E-state index contributed by atoms with van der Waals surface area (Å²) in [6.45, 7) is 1.86. The predicted octanol–water partition coefficient (Wildman–Crippen LogP) is 5.22. The first-order chi connectivity index (χ1) is 14.0. The number of hydrogen-bond acceptors (Lipinski definition) is 5. The van der Waals surface area contributed by atoms with Gasteiger partial charge in [-0.1, -0.05) is 35.9 Å². The number of thiazole rings is 1. The van der Waals surface area contributed by atoms with Crippen LogP contribution in [0, 0.1) is 6.92 Å². The number of methoxy groups -OCH3 is 1. The van der Waals surface area contributed by atoms with Gasteiger partial charge < -0.3 is 10.1 Å². The summed E-state index contributed by atoms with van der Waals surface area (Å²) >= 11 is 7.58. The van der Waals surface area contributed by atoms with Gasteiger partial charge in [0.25, 0.3) is 5.91 Å². The fraction of sp³-hybridized carbons (Fsp3) is 0.0952. The number of carbonyl (C=O) groups is 1. The highest BCUT2D eigenvalue weighted by atomic mass is 35.5. The summed E-state index contributed by atoms with van der Waals surface area (Å²) in [4.78, 5) is 17.3. The Morgan fingerprint density at radius 2 is 2.00 bits per heavy atom. The molecule has 1 N–H and O–H groups in total. The van der Waals surface area contributed by atoms with Crippen LogP contribution in [0.5, 0.6) is 5.75 Å². The van der Waals surface area contributed by atoms with Crippen molar-refractivity contribution >= 4 is 34.7 Å². The first kappa shape index (κ1) is 19.2. The van der Waals surface area contributed by atoms with Crippen molar-refractivity contribution in [3.8, 4) is 22.1 Å². The minimum absolute atomic E-state index is 0.304. The number of anilines is 1. The lowest BCUT2D eigenvalue weighted by Crippen LogP contribution is -2.15. The lowest BCUT2D eigenvalue weighted by atomic mass is 10.2. The van der Waals surface area contributed by atoms with E-state index in [2.05, 4.69) is 15.4 Å². The molecule has 2 aromatic carbocycles. The number of amides is 1. The number of rotatable bonds is 5. The van der Waals surface area contributed by atoms with Crippen LogP contribution in [0.4, 0.5) is 5.82 Å². The van der Waals surface area contributed by atoms with Gasteiger partial charge in [0.15, 0.2) is 0 Å². The van der Waals surface area contributed by atoms with Gasteiger partial charge in [0, 0.05) is 17.0 Å². The SMILES string of the molecule is COc1cccc(-c2csc(-n3nc(C)cc3NC(=O)c3ccccc3Cl)n2)c1. The number of carbonyl (C=O) groups excluding carboxylic acids is 1. The third kappa shape index (κ3) is 4.01. The zero-order valence-corrected chi connectivity index (χ0v) is 17.3. The lowest BCUT2D eigenvalue weighted by molar-refractivity contribution is 0.102. The highest BCUT2D eigenvalue weighted by Gasteiger charge is 2.17. The van der Waals surface area contributed by atoms with Crippen LogP contribution < -0.4 is 10.1 Å². The number of benzene rings is 2. The Hall–Kier alpha value is -3.16. The molecule has 0 atom stereocenters. The third-order valence-corrected chi connectivity index (χ3v) is 5.38. The largest absolute Gasteiger partial charge is 0.497 e. The first-order valence-electron chi connectivity index (χ1n) is 8.78. The summed E-state index contributed by atoms with van der Waals surface area (Å²) in [5.41, 5.74) is 2.91. The third-order valence-electron chi connectivity index (χ3n) is 4.23. The molecule has 1 amide bonds. The van der Waals surface area contributed by atoms with E-state index in [0.29, 0.717) is 21.5 Å². The molecule has 0 bridgehead atoms. The molecule has 4 aromatic rings. The van der Waals surface area contributed by atoms with E-state index in [1.807, 2.05) is 36.6 Å². The topological polar surface area (TPSA) is 69.0 Å². The van der Waals surface area contributed by atoms with Gasteiger partial charge in [0.1, 0.15) is 11.6 Å². The molecule has 29 heavy (non-hydrogen) atoms. The molecule has 146 valence electrons. The van der Waals surface area contributed by atoms with Crippen molar-refractivity contribution in [3.63, 3.8) is 0 Å². The molecule has 0 spiro atoms. The number of aryl methyl sites for hydroxylation is 1. The first-order valence-corrected chi connectivity index (χ1v) is 10.0. The molecule has 2 heterocycles. The summed E-state index contributed by atoms with van der Waals surface area (Å²) in [5, 5.41) is 10.3. The maximum absolute atomic E-state index is 12.7. The molecule has 0 aliphatic carbocycles. The number of ether oxygens (including phenoxy) is 1. The molecule has 6 nitrogen and oxygen atoms in total. The van der Waals surface area contributed by atoms with Crippen LogP contribution in [-0.4, -0.2) is 27.8 Å². The standard InChI is InChI=1S/C21H17ClN4O2S/c1-13-10-19(24-20(27)16-8-3-4-9-17(16)22)26(25-13)21-23-18(12-29-21)14-6-5-7-15(11-14)28-2/h3-12H,1-2H3,(H,24,27). The van der Waals surface area contributed by atoms with E-state index in [9.17, 15) is 4.79 Å². The maximum Gasteiger partial charge on any atom is 0.258 e. The molecule has 0 aliphatic heterocycles. The van der Waals surface area contributed by atoms with Gasteiger partial charge in [-0.3, -0.25) is 4.79 Å². The number of aromatic nitrogens is 3. The molecule has 0 saturated heterocycles. The highest BCUT2D eigenvalue weighted by molar-refractivity contribution is 7.12. The molecule has 0 aliphatic rings. The summed E-state index contributed by atoms with van der Waals surface area (Å²) < 4.78 is 6.91. The Kier molecular flexibility index (Phi) is 5.33. The average molecular weight is 425 g/mol. The quantitative estimate of drug-likeness (QED) is 0.477. The van der Waals surface area contributed by atoms with Gasteiger partial charge in [-0.15, -0.1) is 11.3 Å². The van der Waals surface area contributed by atoms with E-state index in [1.54, 1.807) is 42.1 Å². The second-order valence-electron chi connectivity index (χ2n) is 6.26. The van der Waals surface area contributed by atoms with Crippen LogP contribution in [0.25, 0.3) is 16.4 Å². The minimum atomic E-state index is -0.304. The van der Waals surface area contributed by atoms with Crippen LogP contribution in [0.15, 0.2) is 60.0 Å². The zero-order chi connectivity index (χ0) is 20.4. The lowest BCUT2D eigenvalue weighted by Gasteiger charge is -2.07. The van der Waals surface area contributed by atoms with Crippen LogP contribution in [0.2, 0.25) is 5.02 Å². The summed E-state index contributed by atoms with van der Waals surface area (Å²) in [6.07, 6.45) is 0. The molecular weight excluding hydrogens is 408 g/mol. The Morgan fingerprint density at radius 1 is 1.17 bits per heavy atom. The molecule has 0 saturated carbocycles. The number of nitrogens with zero attached hydrogens (tertiary/aromatic N) is 3. The van der Waals surface area contributed by atoms with Crippen molar-refractivity contribution in [1.82, 2.24) is 14.8 Å². The van der Waals surface area contributed by atoms with Gasteiger partial charge in [-0.05, 0) is 31.2 Å². The highest BCUT2D eigenvalue weighted by Crippen LogP contribution is 2.28. The van der Waals surface area contributed by atoms with E-state index >= 15 is 0 Å². The van der Waals surface area contributed by atoms with Crippen LogP contribution in [0.1, 0.15) is 16.1 Å². The molecule has 0 radical (unpaired) electrons. The molecule has 8 heteroatoms.